The molecule has 0 fully saturated rings. The lowest BCUT2D eigenvalue weighted by Crippen LogP contribution is -2.51. The van der Waals surface area contributed by atoms with Gasteiger partial charge in [-0.05, 0) is 24.0 Å². The second-order valence-corrected chi connectivity index (χ2v) is 5.18. The van der Waals surface area contributed by atoms with E-state index in [0.717, 1.165) is 11.1 Å². The Morgan fingerprint density at radius 1 is 0.700 bits per heavy atom. The fourth-order valence-electron chi connectivity index (χ4n) is 2.82. The van der Waals surface area contributed by atoms with Crippen LogP contribution < -0.4 is 0 Å². The smallest absolute Gasteiger partial charge is 0.143 e. The first-order valence-electron chi connectivity index (χ1n) is 7.14. The second kappa shape index (κ2) is 5.78. The van der Waals surface area contributed by atoms with Crippen molar-refractivity contribution in [3.63, 3.8) is 0 Å². The maximum atomic E-state index is 11.4. The van der Waals surface area contributed by atoms with E-state index in [4.69, 9.17) is 0 Å². The largest absolute Gasteiger partial charge is 0.386 e. The van der Waals surface area contributed by atoms with E-state index in [-0.39, 0.29) is 0 Å². The Hall–Kier alpha value is -1.64. The van der Waals surface area contributed by atoms with E-state index in [0.29, 0.717) is 12.8 Å². The Bertz CT molecular complexity index is 490. The van der Waals surface area contributed by atoms with Gasteiger partial charge in [0.15, 0.2) is 0 Å². The fraction of sp³-hybridized carbons (Fsp3) is 0.333. The number of benzene rings is 2. The van der Waals surface area contributed by atoms with Gasteiger partial charge in [-0.2, -0.15) is 0 Å². The number of hydrogen-bond donors (Lipinski definition) is 2. The highest BCUT2D eigenvalue weighted by atomic mass is 16.4. The van der Waals surface area contributed by atoms with Crippen LogP contribution in [0, 0.1) is 0 Å². The molecule has 2 N–H and O–H groups in total. The van der Waals surface area contributed by atoms with Gasteiger partial charge in [-0.3, -0.25) is 0 Å². The summed E-state index contributed by atoms with van der Waals surface area (Å²) in [6.07, 6.45) is 0.952. The van der Waals surface area contributed by atoms with Crippen molar-refractivity contribution in [1.29, 1.82) is 0 Å². The average molecular weight is 270 g/mol. The van der Waals surface area contributed by atoms with E-state index in [1.54, 1.807) is 0 Å². The van der Waals surface area contributed by atoms with Gasteiger partial charge in [-0.15, -0.1) is 0 Å². The van der Waals surface area contributed by atoms with Crippen molar-refractivity contribution in [1.82, 2.24) is 0 Å². The first kappa shape index (κ1) is 14.8. The van der Waals surface area contributed by atoms with Crippen LogP contribution in [0.5, 0.6) is 0 Å². The Labute approximate surface area is 120 Å². The minimum Gasteiger partial charge on any atom is -0.386 e. The van der Waals surface area contributed by atoms with Crippen molar-refractivity contribution >= 4 is 0 Å². The topological polar surface area (TPSA) is 40.5 Å². The van der Waals surface area contributed by atoms with Gasteiger partial charge in [0.2, 0.25) is 0 Å². The van der Waals surface area contributed by atoms with E-state index in [2.05, 4.69) is 0 Å². The summed E-state index contributed by atoms with van der Waals surface area (Å²) in [5.74, 6) is 0. The molecule has 106 valence electrons. The summed E-state index contributed by atoms with van der Waals surface area (Å²) < 4.78 is 0. The minimum absolute atomic E-state index is 0.476. The molecule has 0 atom stereocenters. The van der Waals surface area contributed by atoms with Gasteiger partial charge in [0.1, 0.15) is 11.2 Å². The van der Waals surface area contributed by atoms with Crippen LogP contribution in [0.15, 0.2) is 60.7 Å². The monoisotopic (exact) mass is 270 g/mol. The molecule has 2 nitrogen and oxygen atoms in total. The summed E-state index contributed by atoms with van der Waals surface area (Å²) in [5, 5.41) is 22.4. The van der Waals surface area contributed by atoms with E-state index in [9.17, 15) is 10.2 Å². The van der Waals surface area contributed by atoms with E-state index in [1.807, 2.05) is 74.5 Å². The molecule has 0 aliphatic carbocycles. The maximum Gasteiger partial charge on any atom is 0.143 e. The number of rotatable bonds is 5. The molecule has 2 aromatic rings. The van der Waals surface area contributed by atoms with Gasteiger partial charge < -0.3 is 10.2 Å². The van der Waals surface area contributed by atoms with Crippen LogP contribution in [0.4, 0.5) is 0 Å². The normalized spacial score (nSPS) is 12.4. The molecule has 0 saturated heterocycles. The SMILES string of the molecule is CCC(O)(CC)C(O)(c1ccccc1)c1ccccc1. The second-order valence-electron chi connectivity index (χ2n) is 5.18. The number of aliphatic hydroxyl groups is 2. The zero-order valence-electron chi connectivity index (χ0n) is 12.1. The van der Waals surface area contributed by atoms with E-state index >= 15 is 0 Å². The molecule has 2 rings (SSSR count). The van der Waals surface area contributed by atoms with Crippen LogP contribution in [-0.2, 0) is 5.60 Å². The third kappa shape index (κ3) is 2.26. The molecule has 0 amide bonds. The van der Waals surface area contributed by atoms with Crippen LogP contribution in [0.2, 0.25) is 0 Å². The van der Waals surface area contributed by atoms with Crippen LogP contribution in [0.25, 0.3) is 0 Å². The molecule has 2 aromatic carbocycles. The molecular weight excluding hydrogens is 248 g/mol. The van der Waals surface area contributed by atoms with Gasteiger partial charge in [-0.25, -0.2) is 0 Å². The lowest BCUT2D eigenvalue weighted by atomic mass is 9.70. The lowest BCUT2D eigenvalue weighted by molar-refractivity contribution is -0.137. The summed E-state index contributed by atoms with van der Waals surface area (Å²) in [4.78, 5) is 0. The molecule has 0 spiro atoms. The Balaban J connectivity index is 2.67. The molecule has 20 heavy (non-hydrogen) atoms. The third-order valence-corrected chi connectivity index (χ3v) is 4.23. The molecule has 0 aromatic heterocycles. The molecule has 0 radical (unpaired) electrons. The molecule has 2 heteroatoms. The molecule has 0 bridgehead atoms. The maximum absolute atomic E-state index is 11.4. The van der Waals surface area contributed by atoms with Crippen molar-refractivity contribution in [3.8, 4) is 0 Å². The van der Waals surface area contributed by atoms with Crippen molar-refractivity contribution < 1.29 is 10.2 Å². The standard InChI is InChI=1S/C18H22O2/c1-3-17(19,4-2)18(20,15-11-7-5-8-12-15)16-13-9-6-10-14-16/h5-14,19-20H,3-4H2,1-2H3. The molecule has 0 aliphatic rings. The Kier molecular flexibility index (Phi) is 4.26. The van der Waals surface area contributed by atoms with Crippen molar-refractivity contribution in [2.75, 3.05) is 0 Å². The summed E-state index contributed by atoms with van der Waals surface area (Å²) in [6, 6.07) is 18.8. The fourth-order valence-corrected chi connectivity index (χ4v) is 2.82. The van der Waals surface area contributed by atoms with Crippen molar-refractivity contribution in [3.05, 3.63) is 71.8 Å². The molecule has 0 unspecified atom stereocenters. The van der Waals surface area contributed by atoms with Crippen LogP contribution in [-0.4, -0.2) is 15.8 Å². The van der Waals surface area contributed by atoms with Gasteiger partial charge in [-0.1, -0.05) is 74.5 Å². The van der Waals surface area contributed by atoms with Crippen molar-refractivity contribution in [2.45, 2.75) is 37.9 Å². The minimum atomic E-state index is -1.40. The van der Waals surface area contributed by atoms with Crippen LogP contribution in [0.1, 0.15) is 37.8 Å². The van der Waals surface area contributed by atoms with Crippen LogP contribution >= 0.6 is 0 Å². The highest BCUT2D eigenvalue weighted by Crippen LogP contribution is 2.43. The highest BCUT2D eigenvalue weighted by Gasteiger charge is 2.49. The van der Waals surface area contributed by atoms with E-state index in [1.165, 1.54) is 0 Å². The molecule has 0 aliphatic heterocycles. The lowest BCUT2D eigenvalue weighted by Gasteiger charge is -2.43. The van der Waals surface area contributed by atoms with E-state index < -0.39 is 11.2 Å². The van der Waals surface area contributed by atoms with Gasteiger partial charge in [0, 0.05) is 0 Å². The summed E-state index contributed by atoms with van der Waals surface area (Å²) in [7, 11) is 0. The summed E-state index contributed by atoms with van der Waals surface area (Å²) in [6.45, 7) is 3.81. The highest BCUT2D eigenvalue weighted by molar-refractivity contribution is 5.39. The third-order valence-electron chi connectivity index (χ3n) is 4.23. The average Bonchev–Trinajstić information content (AvgIpc) is 2.54. The quantitative estimate of drug-likeness (QED) is 0.873. The van der Waals surface area contributed by atoms with Gasteiger partial charge in [0.05, 0.1) is 0 Å². The first-order valence-corrected chi connectivity index (χ1v) is 7.14. The molecule has 0 saturated carbocycles. The van der Waals surface area contributed by atoms with Gasteiger partial charge >= 0.3 is 0 Å². The predicted molar refractivity (Wildman–Crippen MR) is 81.4 cm³/mol. The summed E-state index contributed by atoms with van der Waals surface area (Å²) >= 11 is 0. The van der Waals surface area contributed by atoms with Crippen molar-refractivity contribution in [2.24, 2.45) is 0 Å². The van der Waals surface area contributed by atoms with Crippen LogP contribution in [0.3, 0.4) is 0 Å². The molecular formula is C18H22O2. The molecule has 0 heterocycles. The first-order chi connectivity index (χ1) is 9.58. The number of hydrogen-bond acceptors (Lipinski definition) is 2. The zero-order chi connectivity index (χ0) is 14.6. The predicted octanol–water partition coefficient (Wildman–Crippen LogP) is 3.47. The Morgan fingerprint density at radius 3 is 1.35 bits per heavy atom. The summed E-state index contributed by atoms with van der Waals surface area (Å²) in [5.41, 5.74) is -1.16. The Morgan fingerprint density at radius 2 is 1.05 bits per heavy atom. The van der Waals surface area contributed by atoms with Gasteiger partial charge in [0.25, 0.3) is 0 Å². The zero-order valence-corrected chi connectivity index (χ0v) is 12.1.